The third kappa shape index (κ3) is 2.66. The van der Waals surface area contributed by atoms with E-state index in [-0.39, 0.29) is 0 Å². The van der Waals surface area contributed by atoms with Crippen LogP contribution in [0.25, 0.3) is 10.9 Å². The molecule has 0 N–H and O–H groups in total. The fourth-order valence-electron chi connectivity index (χ4n) is 4.28. The molecule has 0 fully saturated rings. The summed E-state index contributed by atoms with van der Waals surface area (Å²) in [5.74, 6) is 0. The molecule has 0 amide bonds. The molecule has 2 aromatic heterocycles. The van der Waals surface area contributed by atoms with Crippen molar-refractivity contribution in [1.29, 1.82) is 0 Å². The molecule has 3 heteroatoms. The Labute approximate surface area is 170 Å². The lowest BCUT2D eigenvalue weighted by molar-refractivity contribution is 0.473. The number of pyridine rings is 1. The van der Waals surface area contributed by atoms with E-state index in [0.29, 0.717) is 0 Å². The quantitative estimate of drug-likeness (QED) is 0.384. The van der Waals surface area contributed by atoms with Crippen LogP contribution in [0.15, 0.2) is 109 Å². The highest BCUT2D eigenvalue weighted by Gasteiger charge is 2.40. The van der Waals surface area contributed by atoms with Crippen molar-refractivity contribution in [3.8, 4) is 0 Å². The summed E-state index contributed by atoms with van der Waals surface area (Å²) in [5, 5.41) is 6.19. The van der Waals surface area contributed by atoms with E-state index < -0.39 is 5.54 Å². The molecule has 0 saturated carbocycles. The second kappa shape index (κ2) is 7.02. The predicted molar refractivity (Wildman–Crippen MR) is 117 cm³/mol. The second-order valence-electron chi connectivity index (χ2n) is 7.20. The number of nitrogens with zero attached hydrogens (tertiary/aromatic N) is 3. The maximum absolute atomic E-state index is 5.07. The zero-order chi connectivity index (χ0) is 19.7. The van der Waals surface area contributed by atoms with Gasteiger partial charge in [0.25, 0.3) is 0 Å². The number of benzene rings is 3. The lowest BCUT2D eigenvalue weighted by Crippen LogP contribution is -2.38. The molecule has 0 aliphatic rings. The van der Waals surface area contributed by atoms with E-state index in [4.69, 9.17) is 5.10 Å². The molecule has 5 rings (SSSR count). The van der Waals surface area contributed by atoms with Crippen molar-refractivity contribution in [2.75, 3.05) is 0 Å². The van der Waals surface area contributed by atoms with Gasteiger partial charge in [0.05, 0.1) is 17.4 Å². The van der Waals surface area contributed by atoms with Gasteiger partial charge in [0.2, 0.25) is 0 Å². The van der Waals surface area contributed by atoms with Gasteiger partial charge in [-0.25, -0.2) is 4.68 Å². The summed E-state index contributed by atoms with van der Waals surface area (Å²) in [6.07, 6.45) is 3.75. The van der Waals surface area contributed by atoms with Crippen LogP contribution in [-0.2, 0) is 5.54 Å². The van der Waals surface area contributed by atoms with Gasteiger partial charge >= 0.3 is 0 Å². The number of aryl methyl sites for hydroxylation is 1. The standard InChI is InChI=1S/C26H21N3/c1-20-24-17-18-27-19-25(24)29(28-20)26(21-11-5-2-6-12-21,22-13-7-3-8-14-22)23-15-9-4-10-16-23/h2-19H,1H3. The van der Waals surface area contributed by atoms with E-state index in [1.165, 1.54) is 0 Å². The van der Waals surface area contributed by atoms with Gasteiger partial charge in [-0.2, -0.15) is 5.10 Å². The highest BCUT2D eigenvalue weighted by molar-refractivity contribution is 5.82. The van der Waals surface area contributed by atoms with Crippen LogP contribution in [0.5, 0.6) is 0 Å². The summed E-state index contributed by atoms with van der Waals surface area (Å²) in [7, 11) is 0. The van der Waals surface area contributed by atoms with Crippen molar-refractivity contribution >= 4 is 10.9 Å². The number of hydrogen-bond acceptors (Lipinski definition) is 2. The van der Waals surface area contributed by atoms with Gasteiger partial charge in [0.15, 0.2) is 0 Å². The molecule has 5 aromatic rings. The Hall–Kier alpha value is -3.72. The van der Waals surface area contributed by atoms with Crippen LogP contribution in [0.4, 0.5) is 0 Å². The Kier molecular flexibility index (Phi) is 4.21. The lowest BCUT2D eigenvalue weighted by atomic mass is 9.77. The molecule has 0 saturated heterocycles. The van der Waals surface area contributed by atoms with Gasteiger partial charge in [-0.15, -0.1) is 0 Å². The van der Waals surface area contributed by atoms with Crippen LogP contribution in [0, 0.1) is 6.92 Å². The minimum atomic E-state index is -0.612. The molecule has 0 unspecified atom stereocenters. The minimum Gasteiger partial charge on any atom is -0.262 e. The minimum absolute atomic E-state index is 0.612. The zero-order valence-corrected chi connectivity index (χ0v) is 16.2. The zero-order valence-electron chi connectivity index (χ0n) is 16.2. The van der Waals surface area contributed by atoms with Gasteiger partial charge in [-0.05, 0) is 29.7 Å². The highest BCUT2D eigenvalue weighted by atomic mass is 15.3. The lowest BCUT2D eigenvalue weighted by Gasteiger charge is -2.36. The first-order valence-corrected chi connectivity index (χ1v) is 9.78. The number of aromatic nitrogens is 3. The Morgan fingerprint density at radius 1 is 0.655 bits per heavy atom. The Morgan fingerprint density at radius 3 is 1.62 bits per heavy atom. The average Bonchev–Trinajstić information content (AvgIpc) is 3.14. The topological polar surface area (TPSA) is 30.7 Å². The van der Waals surface area contributed by atoms with Crippen LogP contribution in [-0.4, -0.2) is 14.8 Å². The highest BCUT2D eigenvalue weighted by Crippen LogP contribution is 2.42. The molecule has 2 heterocycles. The van der Waals surface area contributed by atoms with E-state index in [2.05, 4.69) is 108 Å². The molecule has 0 bridgehead atoms. The summed E-state index contributed by atoms with van der Waals surface area (Å²) in [4.78, 5) is 4.42. The van der Waals surface area contributed by atoms with Gasteiger partial charge in [-0.3, -0.25) is 4.98 Å². The van der Waals surface area contributed by atoms with Crippen molar-refractivity contribution in [3.05, 3.63) is 132 Å². The monoisotopic (exact) mass is 375 g/mol. The van der Waals surface area contributed by atoms with Gasteiger partial charge < -0.3 is 0 Å². The summed E-state index contributed by atoms with van der Waals surface area (Å²) in [6, 6.07) is 33.8. The third-order valence-corrected chi connectivity index (χ3v) is 5.56. The second-order valence-corrected chi connectivity index (χ2v) is 7.20. The maximum Gasteiger partial charge on any atom is 0.138 e. The van der Waals surface area contributed by atoms with Gasteiger partial charge in [0, 0.05) is 11.6 Å². The van der Waals surface area contributed by atoms with Crippen LogP contribution >= 0.6 is 0 Å². The Balaban J connectivity index is 1.99. The van der Waals surface area contributed by atoms with Crippen molar-refractivity contribution in [2.24, 2.45) is 0 Å². The number of fused-ring (bicyclic) bond motifs is 1. The number of rotatable bonds is 4. The summed E-state index contributed by atoms with van der Waals surface area (Å²) < 4.78 is 2.14. The van der Waals surface area contributed by atoms with Crippen LogP contribution in [0.3, 0.4) is 0 Å². The maximum atomic E-state index is 5.07. The van der Waals surface area contributed by atoms with Crippen LogP contribution in [0.1, 0.15) is 22.4 Å². The smallest absolute Gasteiger partial charge is 0.138 e. The molecule has 0 atom stereocenters. The van der Waals surface area contributed by atoms with Crippen molar-refractivity contribution < 1.29 is 0 Å². The Bertz CT molecular complexity index is 1150. The molecule has 3 aromatic carbocycles. The summed E-state index contributed by atoms with van der Waals surface area (Å²) in [5.41, 5.74) is 4.87. The molecular weight excluding hydrogens is 354 g/mol. The van der Waals surface area contributed by atoms with Gasteiger partial charge in [-0.1, -0.05) is 91.0 Å². The van der Waals surface area contributed by atoms with E-state index in [1.807, 2.05) is 18.5 Å². The predicted octanol–water partition coefficient (Wildman–Crippen LogP) is 5.58. The molecule has 140 valence electrons. The molecule has 0 spiro atoms. The average molecular weight is 375 g/mol. The number of hydrogen-bond donors (Lipinski definition) is 0. The first-order chi connectivity index (χ1) is 14.3. The first kappa shape index (κ1) is 17.4. The largest absolute Gasteiger partial charge is 0.262 e. The SMILES string of the molecule is Cc1nn(C(c2ccccc2)(c2ccccc2)c2ccccc2)c2cnccc12. The van der Waals surface area contributed by atoms with E-state index >= 15 is 0 Å². The molecular formula is C26H21N3. The van der Waals surface area contributed by atoms with E-state index in [1.54, 1.807) is 0 Å². The first-order valence-electron chi connectivity index (χ1n) is 9.78. The molecule has 0 radical (unpaired) electrons. The van der Waals surface area contributed by atoms with Crippen LogP contribution in [0.2, 0.25) is 0 Å². The Morgan fingerprint density at radius 2 is 1.14 bits per heavy atom. The fraction of sp³-hybridized carbons (Fsp3) is 0.0769. The molecule has 0 aliphatic carbocycles. The van der Waals surface area contributed by atoms with Gasteiger partial charge in [0.1, 0.15) is 5.54 Å². The van der Waals surface area contributed by atoms with Crippen molar-refractivity contribution in [2.45, 2.75) is 12.5 Å². The molecule has 3 nitrogen and oxygen atoms in total. The van der Waals surface area contributed by atoms with Crippen molar-refractivity contribution in [1.82, 2.24) is 14.8 Å². The summed E-state index contributed by atoms with van der Waals surface area (Å²) >= 11 is 0. The fourth-order valence-corrected chi connectivity index (χ4v) is 4.28. The molecule has 0 aliphatic heterocycles. The van der Waals surface area contributed by atoms with Crippen molar-refractivity contribution in [3.63, 3.8) is 0 Å². The normalized spacial score (nSPS) is 11.6. The van der Waals surface area contributed by atoms with E-state index in [0.717, 1.165) is 33.3 Å². The van der Waals surface area contributed by atoms with Crippen LogP contribution < -0.4 is 0 Å². The third-order valence-electron chi connectivity index (χ3n) is 5.56. The van der Waals surface area contributed by atoms with E-state index in [9.17, 15) is 0 Å². The molecule has 29 heavy (non-hydrogen) atoms. The summed E-state index contributed by atoms with van der Waals surface area (Å²) in [6.45, 7) is 2.06.